The molecule has 3 heterocycles. The summed E-state index contributed by atoms with van der Waals surface area (Å²) in [4.78, 5) is 17.4. The average Bonchev–Trinajstić information content (AvgIpc) is 3.37. The molecule has 1 atom stereocenters. The fraction of sp³-hybridized carbons (Fsp3) is 0.0870. The minimum absolute atomic E-state index is 0.00523. The number of hydrogen-bond donors (Lipinski definition) is 1. The summed E-state index contributed by atoms with van der Waals surface area (Å²) in [5.41, 5.74) is 1.96. The number of hydrogen-bond acceptors (Lipinski definition) is 7. The summed E-state index contributed by atoms with van der Waals surface area (Å²) in [5.74, 6) is 1.02. The van der Waals surface area contributed by atoms with Crippen LogP contribution in [0.4, 0.5) is 15.9 Å². The Morgan fingerprint density at radius 2 is 1.88 bits per heavy atom. The van der Waals surface area contributed by atoms with Gasteiger partial charge in [-0.2, -0.15) is 5.10 Å². The Balaban J connectivity index is 1.63. The van der Waals surface area contributed by atoms with E-state index in [-0.39, 0.29) is 5.02 Å². The third kappa shape index (κ3) is 4.31. The quantitative estimate of drug-likeness (QED) is 0.367. The minimum atomic E-state index is -0.501. The predicted molar refractivity (Wildman–Crippen MR) is 122 cm³/mol. The Bertz CT molecular complexity index is 1410. The average molecular weight is 462 g/mol. The van der Waals surface area contributed by atoms with Crippen LogP contribution in [0.15, 0.2) is 73.6 Å². The molecule has 0 unspecified atom stereocenters. The first-order valence-electron chi connectivity index (χ1n) is 10.0. The summed E-state index contributed by atoms with van der Waals surface area (Å²) >= 11 is 5.95. The molecule has 1 N–H and O–H groups in total. The lowest BCUT2D eigenvalue weighted by atomic mass is 10.1. The lowest BCUT2D eigenvalue weighted by Crippen LogP contribution is -2.09. The molecule has 8 nitrogen and oxygen atoms in total. The van der Waals surface area contributed by atoms with Crippen molar-refractivity contribution in [1.82, 2.24) is 29.7 Å². The van der Waals surface area contributed by atoms with E-state index < -0.39 is 11.9 Å². The molecule has 0 aliphatic carbocycles. The van der Waals surface area contributed by atoms with E-state index in [0.29, 0.717) is 34.0 Å². The smallest absolute Gasteiger partial charge is 0.168 e. The summed E-state index contributed by atoms with van der Waals surface area (Å²) in [6.45, 7) is 1.86. The molecule has 0 fully saturated rings. The summed E-state index contributed by atoms with van der Waals surface area (Å²) in [5, 5.41) is 8.13. The molecule has 5 rings (SSSR count). The highest BCUT2D eigenvalue weighted by Gasteiger charge is 2.18. The van der Waals surface area contributed by atoms with Gasteiger partial charge in [0.05, 0.1) is 21.6 Å². The highest BCUT2D eigenvalue weighted by molar-refractivity contribution is 6.31. The molecule has 0 spiro atoms. The molecule has 2 aromatic carbocycles. The van der Waals surface area contributed by atoms with Gasteiger partial charge in [-0.1, -0.05) is 11.6 Å². The zero-order valence-corrected chi connectivity index (χ0v) is 18.1. The normalized spacial score (nSPS) is 12.0. The van der Waals surface area contributed by atoms with Crippen LogP contribution in [0.1, 0.15) is 18.9 Å². The van der Waals surface area contributed by atoms with Crippen LogP contribution in [0, 0.1) is 5.82 Å². The molecule has 0 radical (unpaired) electrons. The standard InChI is InChI=1S/C23H17ClFN7O/c1-14(22-26-6-2-7-27-22)33-20-12-16(32-9-3-8-30-32)11-19-21(20)23(29-13-28-19)31-15-4-5-18(25)17(24)10-15/h2-14H,1H3,(H,28,29,31)/t14-/m0/s1. The summed E-state index contributed by atoms with van der Waals surface area (Å²) in [7, 11) is 0. The first-order chi connectivity index (χ1) is 16.1. The Labute approximate surface area is 193 Å². The highest BCUT2D eigenvalue weighted by Crippen LogP contribution is 2.36. The van der Waals surface area contributed by atoms with Crippen LogP contribution in [-0.4, -0.2) is 29.7 Å². The van der Waals surface area contributed by atoms with Gasteiger partial charge in [-0.3, -0.25) is 0 Å². The Morgan fingerprint density at radius 3 is 2.64 bits per heavy atom. The molecule has 0 aliphatic rings. The number of nitrogens with zero attached hydrogens (tertiary/aromatic N) is 6. The molecular weight excluding hydrogens is 445 g/mol. The molecule has 0 saturated carbocycles. The highest BCUT2D eigenvalue weighted by atomic mass is 35.5. The topological polar surface area (TPSA) is 90.6 Å². The third-order valence-corrected chi connectivity index (χ3v) is 5.18. The van der Waals surface area contributed by atoms with E-state index in [4.69, 9.17) is 16.3 Å². The van der Waals surface area contributed by atoms with Gasteiger partial charge < -0.3 is 10.1 Å². The lowest BCUT2D eigenvalue weighted by molar-refractivity contribution is 0.219. The molecule has 0 saturated heterocycles. The number of anilines is 2. The molecular formula is C23H17ClFN7O. The van der Waals surface area contributed by atoms with Crippen molar-refractivity contribution in [1.29, 1.82) is 0 Å². The maximum Gasteiger partial charge on any atom is 0.168 e. The molecule has 0 amide bonds. The molecule has 5 aromatic rings. The van der Waals surface area contributed by atoms with Crippen molar-refractivity contribution in [3.05, 3.63) is 90.2 Å². The van der Waals surface area contributed by atoms with Crippen LogP contribution in [0.2, 0.25) is 5.02 Å². The van der Waals surface area contributed by atoms with Crippen LogP contribution in [0.5, 0.6) is 5.75 Å². The summed E-state index contributed by atoms with van der Waals surface area (Å²) < 4.78 is 21.6. The van der Waals surface area contributed by atoms with E-state index in [0.717, 1.165) is 5.69 Å². The van der Waals surface area contributed by atoms with Gasteiger partial charge >= 0.3 is 0 Å². The van der Waals surface area contributed by atoms with E-state index >= 15 is 0 Å². The minimum Gasteiger partial charge on any atom is -0.482 e. The summed E-state index contributed by atoms with van der Waals surface area (Å²) in [6.07, 6.45) is 7.84. The Morgan fingerprint density at radius 1 is 1.03 bits per heavy atom. The largest absolute Gasteiger partial charge is 0.482 e. The van der Waals surface area contributed by atoms with Crippen molar-refractivity contribution < 1.29 is 9.13 Å². The van der Waals surface area contributed by atoms with Gasteiger partial charge in [0.1, 0.15) is 23.7 Å². The van der Waals surface area contributed by atoms with Crippen molar-refractivity contribution in [2.75, 3.05) is 5.32 Å². The number of aromatic nitrogens is 6. The number of ether oxygens (including phenoxy) is 1. The Kier molecular flexibility index (Phi) is 5.54. The second-order valence-corrected chi connectivity index (χ2v) is 7.54. The first-order valence-corrected chi connectivity index (χ1v) is 10.4. The molecule has 164 valence electrons. The number of benzene rings is 2. The van der Waals surface area contributed by atoms with Gasteiger partial charge in [0.15, 0.2) is 11.9 Å². The second kappa shape index (κ2) is 8.79. The second-order valence-electron chi connectivity index (χ2n) is 7.13. The number of rotatable bonds is 6. The van der Waals surface area contributed by atoms with Crippen molar-refractivity contribution in [3.8, 4) is 11.4 Å². The molecule has 3 aromatic heterocycles. The zero-order valence-electron chi connectivity index (χ0n) is 17.4. The molecule has 0 aliphatic heterocycles. The number of halogens is 2. The van der Waals surface area contributed by atoms with Gasteiger partial charge in [-0.15, -0.1) is 0 Å². The number of nitrogens with one attached hydrogen (secondary N) is 1. The van der Waals surface area contributed by atoms with Crippen LogP contribution >= 0.6 is 11.6 Å². The molecule has 10 heteroatoms. The van der Waals surface area contributed by atoms with E-state index in [2.05, 4.69) is 30.4 Å². The van der Waals surface area contributed by atoms with Gasteiger partial charge in [0.25, 0.3) is 0 Å². The lowest BCUT2D eigenvalue weighted by Gasteiger charge is -2.18. The van der Waals surface area contributed by atoms with E-state index in [1.807, 2.05) is 31.3 Å². The van der Waals surface area contributed by atoms with Crippen molar-refractivity contribution in [2.24, 2.45) is 0 Å². The van der Waals surface area contributed by atoms with Gasteiger partial charge in [-0.05, 0) is 43.3 Å². The van der Waals surface area contributed by atoms with Crippen LogP contribution in [0.3, 0.4) is 0 Å². The fourth-order valence-electron chi connectivity index (χ4n) is 3.36. The Hall–Kier alpha value is -4.11. The van der Waals surface area contributed by atoms with Crippen LogP contribution in [0.25, 0.3) is 16.6 Å². The van der Waals surface area contributed by atoms with Gasteiger partial charge in [0, 0.05) is 36.5 Å². The fourth-order valence-corrected chi connectivity index (χ4v) is 3.54. The third-order valence-electron chi connectivity index (χ3n) is 4.89. The zero-order chi connectivity index (χ0) is 22.8. The maximum absolute atomic E-state index is 13.6. The number of fused-ring (bicyclic) bond motifs is 1. The molecule has 33 heavy (non-hydrogen) atoms. The molecule has 0 bridgehead atoms. The van der Waals surface area contributed by atoms with Crippen molar-refractivity contribution >= 4 is 34.0 Å². The van der Waals surface area contributed by atoms with E-state index in [1.165, 1.54) is 18.5 Å². The van der Waals surface area contributed by atoms with Gasteiger partial charge in [0.2, 0.25) is 0 Å². The van der Waals surface area contributed by atoms with Crippen LogP contribution in [-0.2, 0) is 0 Å². The summed E-state index contributed by atoms with van der Waals surface area (Å²) in [6, 6.07) is 11.7. The van der Waals surface area contributed by atoms with E-state index in [1.54, 1.807) is 35.4 Å². The monoisotopic (exact) mass is 461 g/mol. The first kappa shape index (κ1) is 20.8. The van der Waals surface area contributed by atoms with Crippen LogP contribution < -0.4 is 10.1 Å². The predicted octanol–water partition coefficient (Wildman–Crippen LogP) is 5.28. The van der Waals surface area contributed by atoms with Crippen molar-refractivity contribution in [2.45, 2.75) is 13.0 Å². The van der Waals surface area contributed by atoms with E-state index in [9.17, 15) is 4.39 Å². The van der Waals surface area contributed by atoms with Crippen molar-refractivity contribution in [3.63, 3.8) is 0 Å². The SMILES string of the molecule is C[C@H](Oc1cc(-n2cccn2)cc2ncnc(Nc3ccc(F)c(Cl)c3)c12)c1ncccn1. The maximum atomic E-state index is 13.6. The van der Waals surface area contributed by atoms with Gasteiger partial charge in [-0.25, -0.2) is 29.0 Å².